The Balaban J connectivity index is 1.87. The molecule has 0 heterocycles. The van der Waals surface area contributed by atoms with E-state index in [0.29, 0.717) is 18.8 Å². The molecule has 0 radical (unpaired) electrons. The van der Waals surface area contributed by atoms with Crippen LogP contribution in [0.25, 0.3) is 0 Å². The SMILES string of the molecule is CCCCOc1cccc(NC(=S)NC(=O)c2ccc(OCCC)cc2)c1. The van der Waals surface area contributed by atoms with Gasteiger partial charge in [0, 0.05) is 17.3 Å². The predicted molar refractivity (Wildman–Crippen MR) is 113 cm³/mol. The first-order chi connectivity index (χ1) is 13.1. The number of hydrogen-bond donors (Lipinski definition) is 2. The summed E-state index contributed by atoms with van der Waals surface area (Å²) in [4.78, 5) is 12.3. The quantitative estimate of drug-likeness (QED) is 0.480. The van der Waals surface area contributed by atoms with E-state index in [1.807, 2.05) is 31.2 Å². The van der Waals surface area contributed by atoms with Gasteiger partial charge >= 0.3 is 0 Å². The lowest BCUT2D eigenvalue weighted by Gasteiger charge is -2.12. The summed E-state index contributed by atoms with van der Waals surface area (Å²) in [6.07, 6.45) is 3.03. The Kier molecular flexibility index (Phi) is 8.58. The number of amides is 1. The molecule has 0 fully saturated rings. The van der Waals surface area contributed by atoms with Crippen molar-refractivity contribution in [2.45, 2.75) is 33.1 Å². The minimum atomic E-state index is -0.273. The summed E-state index contributed by atoms with van der Waals surface area (Å²) in [5.41, 5.74) is 1.28. The van der Waals surface area contributed by atoms with Gasteiger partial charge in [0.05, 0.1) is 13.2 Å². The Labute approximate surface area is 166 Å². The predicted octanol–water partition coefficient (Wildman–Crippen LogP) is 4.78. The molecule has 2 aromatic carbocycles. The van der Waals surface area contributed by atoms with Crippen LogP contribution in [0.2, 0.25) is 0 Å². The van der Waals surface area contributed by atoms with E-state index in [1.54, 1.807) is 24.3 Å². The Morgan fingerprint density at radius 2 is 1.70 bits per heavy atom. The first-order valence-electron chi connectivity index (χ1n) is 9.20. The van der Waals surface area contributed by atoms with Crippen LogP contribution < -0.4 is 20.1 Å². The molecule has 0 aliphatic heterocycles. The highest BCUT2D eigenvalue weighted by Crippen LogP contribution is 2.18. The maximum Gasteiger partial charge on any atom is 0.257 e. The van der Waals surface area contributed by atoms with Gasteiger partial charge in [0.15, 0.2) is 5.11 Å². The maximum atomic E-state index is 12.3. The summed E-state index contributed by atoms with van der Waals surface area (Å²) in [7, 11) is 0. The standard InChI is InChI=1S/C21H26N2O3S/c1-3-5-14-26-19-8-6-7-17(15-19)22-21(27)23-20(24)16-9-11-18(12-10-16)25-13-4-2/h6-12,15H,3-5,13-14H2,1-2H3,(H2,22,23,24,27). The Bertz CT molecular complexity index is 747. The van der Waals surface area contributed by atoms with Crippen molar-refractivity contribution in [3.8, 4) is 11.5 Å². The topological polar surface area (TPSA) is 59.6 Å². The second-order valence-corrected chi connectivity index (χ2v) is 6.42. The normalized spacial score (nSPS) is 10.1. The van der Waals surface area contributed by atoms with E-state index in [1.165, 1.54) is 0 Å². The van der Waals surface area contributed by atoms with E-state index in [4.69, 9.17) is 21.7 Å². The van der Waals surface area contributed by atoms with Crippen LogP contribution in [0.4, 0.5) is 5.69 Å². The van der Waals surface area contributed by atoms with Gasteiger partial charge in [0.1, 0.15) is 11.5 Å². The number of thiocarbonyl (C=S) groups is 1. The maximum absolute atomic E-state index is 12.3. The number of anilines is 1. The fraction of sp³-hybridized carbons (Fsp3) is 0.333. The molecule has 0 aliphatic rings. The highest BCUT2D eigenvalue weighted by Gasteiger charge is 2.08. The van der Waals surface area contributed by atoms with Crippen LogP contribution in [0.1, 0.15) is 43.5 Å². The number of ether oxygens (including phenoxy) is 2. The number of benzene rings is 2. The van der Waals surface area contributed by atoms with E-state index in [9.17, 15) is 4.79 Å². The van der Waals surface area contributed by atoms with Crippen molar-refractivity contribution < 1.29 is 14.3 Å². The average Bonchev–Trinajstić information content (AvgIpc) is 2.67. The molecule has 0 saturated heterocycles. The van der Waals surface area contributed by atoms with Crippen molar-refractivity contribution in [1.29, 1.82) is 0 Å². The zero-order valence-electron chi connectivity index (χ0n) is 15.8. The lowest BCUT2D eigenvalue weighted by molar-refractivity contribution is 0.0977. The Hall–Kier alpha value is -2.60. The van der Waals surface area contributed by atoms with E-state index in [2.05, 4.69) is 17.6 Å². The molecule has 2 aromatic rings. The van der Waals surface area contributed by atoms with E-state index < -0.39 is 0 Å². The minimum absolute atomic E-state index is 0.233. The van der Waals surface area contributed by atoms with Crippen molar-refractivity contribution in [2.75, 3.05) is 18.5 Å². The molecule has 6 heteroatoms. The van der Waals surface area contributed by atoms with Crippen LogP contribution in [0, 0.1) is 0 Å². The molecule has 144 valence electrons. The van der Waals surface area contributed by atoms with E-state index in [-0.39, 0.29) is 11.0 Å². The molecule has 2 rings (SSSR count). The molecule has 0 saturated carbocycles. The molecular formula is C21H26N2O3S. The highest BCUT2D eigenvalue weighted by atomic mass is 32.1. The largest absolute Gasteiger partial charge is 0.494 e. The van der Waals surface area contributed by atoms with Crippen LogP contribution in [0.15, 0.2) is 48.5 Å². The molecule has 2 N–H and O–H groups in total. The van der Waals surface area contributed by atoms with Crippen LogP contribution in [0.3, 0.4) is 0 Å². The van der Waals surface area contributed by atoms with Gasteiger partial charge in [-0.1, -0.05) is 26.3 Å². The first-order valence-corrected chi connectivity index (χ1v) is 9.61. The average molecular weight is 387 g/mol. The van der Waals surface area contributed by atoms with Crippen molar-refractivity contribution in [1.82, 2.24) is 5.32 Å². The molecule has 0 unspecified atom stereocenters. The van der Waals surface area contributed by atoms with Gasteiger partial charge in [-0.25, -0.2) is 0 Å². The fourth-order valence-corrected chi connectivity index (χ4v) is 2.47. The molecule has 0 bridgehead atoms. The number of rotatable bonds is 9. The fourth-order valence-electron chi connectivity index (χ4n) is 2.26. The van der Waals surface area contributed by atoms with Gasteiger partial charge in [-0.15, -0.1) is 0 Å². The van der Waals surface area contributed by atoms with Crippen molar-refractivity contribution in [3.63, 3.8) is 0 Å². The smallest absolute Gasteiger partial charge is 0.257 e. The molecule has 0 aliphatic carbocycles. The Morgan fingerprint density at radius 3 is 2.41 bits per heavy atom. The molecular weight excluding hydrogens is 360 g/mol. The Morgan fingerprint density at radius 1 is 0.963 bits per heavy atom. The van der Waals surface area contributed by atoms with Gasteiger partial charge in [-0.3, -0.25) is 10.1 Å². The first kappa shape index (κ1) is 20.7. The summed E-state index contributed by atoms with van der Waals surface area (Å²) in [6.45, 7) is 5.50. The van der Waals surface area contributed by atoms with Crippen molar-refractivity contribution >= 4 is 28.9 Å². The lowest BCUT2D eigenvalue weighted by atomic mass is 10.2. The van der Waals surface area contributed by atoms with Crippen molar-refractivity contribution in [2.24, 2.45) is 0 Å². The summed E-state index contributed by atoms with van der Waals surface area (Å²) in [6, 6.07) is 14.5. The third-order valence-electron chi connectivity index (χ3n) is 3.67. The second kappa shape index (κ2) is 11.2. The van der Waals surface area contributed by atoms with E-state index >= 15 is 0 Å². The summed E-state index contributed by atoms with van der Waals surface area (Å²) >= 11 is 5.24. The number of unbranched alkanes of at least 4 members (excludes halogenated alkanes) is 1. The number of carbonyl (C=O) groups is 1. The molecule has 0 atom stereocenters. The second-order valence-electron chi connectivity index (χ2n) is 6.01. The zero-order valence-corrected chi connectivity index (χ0v) is 16.6. The number of nitrogens with one attached hydrogen (secondary N) is 2. The molecule has 27 heavy (non-hydrogen) atoms. The highest BCUT2D eigenvalue weighted by molar-refractivity contribution is 7.80. The summed E-state index contributed by atoms with van der Waals surface area (Å²) in [5.74, 6) is 1.24. The van der Waals surface area contributed by atoms with Gasteiger partial charge in [-0.2, -0.15) is 0 Å². The summed E-state index contributed by atoms with van der Waals surface area (Å²) < 4.78 is 11.2. The van der Waals surface area contributed by atoms with Crippen molar-refractivity contribution in [3.05, 3.63) is 54.1 Å². The molecule has 1 amide bonds. The molecule has 0 aromatic heterocycles. The third kappa shape index (κ3) is 7.27. The molecule has 0 spiro atoms. The van der Waals surface area contributed by atoms with Gasteiger partial charge in [0.25, 0.3) is 5.91 Å². The van der Waals surface area contributed by atoms with Gasteiger partial charge < -0.3 is 14.8 Å². The van der Waals surface area contributed by atoms with Gasteiger partial charge in [-0.05, 0) is 61.5 Å². The monoisotopic (exact) mass is 386 g/mol. The summed E-state index contributed by atoms with van der Waals surface area (Å²) in [5, 5.41) is 5.92. The number of hydrogen-bond acceptors (Lipinski definition) is 4. The van der Waals surface area contributed by atoms with Crippen LogP contribution in [-0.2, 0) is 0 Å². The minimum Gasteiger partial charge on any atom is -0.494 e. The zero-order chi connectivity index (χ0) is 19.5. The van der Waals surface area contributed by atoms with Crippen LogP contribution >= 0.6 is 12.2 Å². The molecule has 5 nitrogen and oxygen atoms in total. The van der Waals surface area contributed by atoms with Crippen LogP contribution in [0.5, 0.6) is 11.5 Å². The number of carbonyl (C=O) groups excluding carboxylic acids is 1. The van der Waals surface area contributed by atoms with Crippen LogP contribution in [-0.4, -0.2) is 24.2 Å². The third-order valence-corrected chi connectivity index (χ3v) is 3.88. The van der Waals surface area contributed by atoms with Gasteiger partial charge in [0.2, 0.25) is 0 Å². The lowest BCUT2D eigenvalue weighted by Crippen LogP contribution is -2.34. The van der Waals surface area contributed by atoms with E-state index in [0.717, 1.165) is 36.4 Å².